The number of rotatable bonds is 11. The number of nitrogens with zero attached hydrogens (tertiary/aromatic N) is 3. The van der Waals surface area contributed by atoms with Gasteiger partial charge in [-0.1, -0.05) is 48.0 Å². The molecule has 13 heteroatoms. The van der Waals surface area contributed by atoms with Crippen LogP contribution in [0.3, 0.4) is 0 Å². The number of nitrogens with two attached hydrogens (primary N) is 1. The van der Waals surface area contributed by atoms with E-state index in [9.17, 15) is 19.5 Å². The quantitative estimate of drug-likeness (QED) is 0.266. The van der Waals surface area contributed by atoms with Gasteiger partial charge in [-0.3, -0.25) is 9.59 Å². The second-order valence-corrected chi connectivity index (χ2v) is 14.5. The number of amides is 3. The summed E-state index contributed by atoms with van der Waals surface area (Å²) >= 11 is 0. The van der Waals surface area contributed by atoms with Crippen molar-refractivity contribution in [3.05, 3.63) is 23.9 Å². The smallest absolute Gasteiger partial charge is 0.408 e. The molecule has 0 spiro atoms. The number of carbonyl (C=O) groups is 3. The minimum absolute atomic E-state index is 0.0596. The number of primary amides is 1. The van der Waals surface area contributed by atoms with Gasteiger partial charge in [0, 0.05) is 19.0 Å². The van der Waals surface area contributed by atoms with Gasteiger partial charge in [-0.15, -0.1) is 0 Å². The molecule has 1 saturated heterocycles. The van der Waals surface area contributed by atoms with Crippen LogP contribution in [-0.2, 0) is 20.2 Å². The number of likely N-dealkylation sites (tertiary alicyclic amines) is 1. The molecule has 2 aromatic rings. The van der Waals surface area contributed by atoms with Crippen LogP contribution in [0.15, 0.2) is 18.2 Å². The first-order valence-corrected chi connectivity index (χ1v) is 16.4. The fraction of sp³-hybridized carbons (Fsp3) is 0.676. The van der Waals surface area contributed by atoms with Crippen molar-refractivity contribution in [1.82, 2.24) is 20.2 Å². The van der Waals surface area contributed by atoms with E-state index in [0.29, 0.717) is 38.0 Å². The number of alkyl halides is 2. The summed E-state index contributed by atoms with van der Waals surface area (Å²) in [5.41, 5.74) is 4.64. The number of methoxy groups -OCH3 is 1. The fourth-order valence-corrected chi connectivity index (χ4v) is 7.08. The number of alkyl carbamates (subject to hydrolysis) is 1. The van der Waals surface area contributed by atoms with Gasteiger partial charge in [0.25, 0.3) is 5.92 Å². The van der Waals surface area contributed by atoms with Crippen molar-refractivity contribution < 1.29 is 37.7 Å². The van der Waals surface area contributed by atoms with Gasteiger partial charge < -0.3 is 30.5 Å². The molecule has 2 fully saturated rings. The minimum Gasteiger partial charge on any atom is -0.497 e. The van der Waals surface area contributed by atoms with Crippen LogP contribution in [0.5, 0.6) is 11.6 Å². The third kappa shape index (κ3) is 8.03. The standard InChI is InChI=1S/C34H49F2N5O6/c1-18-13-15-41(26(18)29(37)42)31(44)28(33(4,5)6)40-32(45)47-25-16-19(2)20(3)22(25)10-8-9-14-34(35,36)27-30(43)39-24-17-21(46-7)11-12-23(24)38-27/h11-12,17-20,22,25-26,28H,8-10,13-16H2,1-7H3,(H2,37,42)(H,39,43)(H,40,45)/t18-,19+,20+,22-,25-,26+,28-/m1/s1. The zero-order chi connectivity index (χ0) is 34.8. The normalized spacial score (nSPS) is 25.5. The number of nitrogens with one attached hydrogen (secondary N) is 1. The van der Waals surface area contributed by atoms with Gasteiger partial charge >= 0.3 is 6.09 Å². The highest BCUT2D eigenvalue weighted by molar-refractivity contribution is 5.92. The molecule has 260 valence electrons. The fourth-order valence-electron chi connectivity index (χ4n) is 7.08. The molecule has 2 aliphatic rings. The molecule has 1 saturated carbocycles. The number of aromatic nitrogens is 2. The van der Waals surface area contributed by atoms with Crippen molar-refractivity contribution in [2.75, 3.05) is 13.7 Å². The third-order valence-corrected chi connectivity index (χ3v) is 10.0. The molecule has 0 radical (unpaired) electrons. The van der Waals surface area contributed by atoms with Gasteiger partial charge in [0.15, 0.2) is 5.69 Å². The summed E-state index contributed by atoms with van der Waals surface area (Å²) in [6, 6.07) is 2.94. The highest BCUT2D eigenvalue weighted by atomic mass is 19.3. The predicted molar refractivity (Wildman–Crippen MR) is 172 cm³/mol. The summed E-state index contributed by atoms with van der Waals surface area (Å²) in [4.78, 5) is 48.4. The molecule has 4 N–H and O–H groups in total. The summed E-state index contributed by atoms with van der Waals surface area (Å²) < 4.78 is 41.5. The molecule has 1 aliphatic heterocycles. The van der Waals surface area contributed by atoms with Crippen LogP contribution in [0.1, 0.15) is 85.8 Å². The molecule has 47 heavy (non-hydrogen) atoms. The second-order valence-electron chi connectivity index (χ2n) is 14.5. The molecule has 7 atom stereocenters. The number of ether oxygens (including phenoxy) is 2. The van der Waals surface area contributed by atoms with E-state index in [1.54, 1.807) is 6.07 Å². The summed E-state index contributed by atoms with van der Waals surface area (Å²) in [6.07, 6.45) is 0.698. The van der Waals surface area contributed by atoms with Gasteiger partial charge in [-0.2, -0.15) is 8.78 Å². The molecular weight excluding hydrogens is 612 g/mol. The van der Waals surface area contributed by atoms with Crippen LogP contribution in [0.2, 0.25) is 0 Å². The van der Waals surface area contributed by atoms with Crippen molar-refractivity contribution in [2.45, 2.75) is 104 Å². The lowest BCUT2D eigenvalue weighted by molar-refractivity contribution is -0.141. The van der Waals surface area contributed by atoms with Gasteiger partial charge in [0.1, 0.15) is 23.9 Å². The molecule has 1 aromatic heterocycles. The Morgan fingerprint density at radius 3 is 2.45 bits per heavy atom. The average molecular weight is 662 g/mol. The minimum atomic E-state index is -3.40. The largest absolute Gasteiger partial charge is 0.497 e. The van der Waals surface area contributed by atoms with Crippen molar-refractivity contribution in [1.29, 1.82) is 0 Å². The topological polar surface area (TPSA) is 157 Å². The number of aromatic hydroxyl groups is 1. The van der Waals surface area contributed by atoms with E-state index < -0.39 is 59.5 Å². The molecular formula is C34H49F2N5O6. The van der Waals surface area contributed by atoms with Crippen molar-refractivity contribution in [2.24, 2.45) is 34.8 Å². The summed E-state index contributed by atoms with van der Waals surface area (Å²) in [7, 11) is 1.47. The third-order valence-electron chi connectivity index (χ3n) is 10.0. The Balaban J connectivity index is 1.37. The first kappa shape index (κ1) is 36.1. The molecule has 0 unspecified atom stereocenters. The number of carbonyl (C=O) groups excluding carboxylic acids is 3. The number of unbranched alkanes of at least 4 members (excludes halogenated alkanes) is 1. The number of benzene rings is 1. The van der Waals surface area contributed by atoms with Crippen LogP contribution in [-0.4, -0.2) is 69.7 Å². The summed E-state index contributed by atoms with van der Waals surface area (Å²) in [5.74, 6) is -4.41. The van der Waals surface area contributed by atoms with Gasteiger partial charge in [-0.25, -0.2) is 14.8 Å². The Labute approximate surface area is 275 Å². The van der Waals surface area contributed by atoms with Crippen LogP contribution in [0.25, 0.3) is 11.0 Å². The highest BCUT2D eigenvalue weighted by Crippen LogP contribution is 2.43. The lowest BCUT2D eigenvalue weighted by Gasteiger charge is -2.35. The van der Waals surface area contributed by atoms with Crippen molar-refractivity contribution in [3.8, 4) is 11.6 Å². The second kappa shape index (κ2) is 14.1. The van der Waals surface area contributed by atoms with E-state index >= 15 is 8.78 Å². The van der Waals surface area contributed by atoms with E-state index in [4.69, 9.17) is 15.2 Å². The molecule has 1 aliphatic carbocycles. The van der Waals surface area contributed by atoms with Crippen LogP contribution in [0.4, 0.5) is 13.6 Å². The highest BCUT2D eigenvalue weighted by Gasteiger charge is 2.46. The van der Waals surface area contributed by atoms with E-state index in [-0.39, 0.29) is 47.0 Å². The van der Waals surface area contributed by atoms with E-state index in [1.807, 2.05) is 27.7 Å². The number of halogens is 2. The summed E-state index contributed by atoms with van der Waals surface area (Å²) in [5, 5.41) is 13.1. The maximum atomic E-state index is 15.2. The Kier molecular flexibility index (Phi) is 10.9. The lowest BCUT2D eigenvalue weighted by Crippen LogP contribution is -2.58. The van der Waals surface area contributed by atoms with Crippen LogP contribution < -0.4 is 15.8 Å². The Morgan fingerprint density at radius 1 is 1.11 bits per heavy atom. The van der Waals surface area contributed by atoms with E-state index in [1.165, 1.54) is 24.1 Å². The first-order chi connectivity index (χ1) is 21.9. The maximum Gasteiger partial charge on any atom is 0.408 e. The van der Waals surface area contributed by atoms with Gasteiger partial charge in [0.05, 0.1) is 18.1 Å². The summed E-state index contributed by atoms with van der Waals surface area (Å²) in [6.45, 7) is 11.9. The van der Waals surface area contributed by atoms with Crippen LogP contribution in [0, 0.1) is 29.1 Å². The Hall–Kier alpha value is -3.77. The van der Waals surface area contributed by atoms with E-state index in [2.05, 4.69) is 29.1 Å². The Morgan fingerprint density at radius 2 is 1.81 bits per heavy atom. The number of fused-ring (bicyclic) bond motifs is 1. The van der Waals surface area contributed by atoms with Crippen molar-refractivity contribution in [3.63, 3.8) is 0 Å². The predicted octanol–water partition coefficient (Wildman–Crippen LogP) is 5.52. The molecule has 4 rings (SSSR count). The monoisotopic (exact) mass is 661 g/mol. The molecule has 2 heterocycles. The lowest BCUT2D eigenvalue weighted by atomic mass is 9.85. The molecule has 1 aromatic carbocycles. The van der Waals surface area contributed by atoms with Gasteiger partial charge in [0.2, 0.25) is 17.7 Å². The number of hydrogen-bond donors (Lipinski definition) is 3. The van der Waals surface area contributed by atoms with Crippen LogP contribution >= 0.6 is 0 Å². The average Bonchev–Trinajstić information content (AvgIpc) is 3.50. The first-order valence-electron chi connectivity index (χ1n) is 16.4. The maximum absolute atomic E-state index is 15.2. The number of hydrogen-bond acceptors (Lipinski definition) is 8. The molecule has 11 nitrogen and oxygen atoms in total. The Bertz CT molecular complexity index is 1470. The van der Waals surface area contributed by atoms with Crippen molar-refractivity contribution >= 4 is 28.9 Å². The zero-order valence-electron chi connectivity index (χ0n) is 28.4. The molecule has 3 amide bonds. The SMILES string of the molecule is COc1ccc2nc(C(F)(F)CCCC[C@@H]3[C@@H](C)[C@@H](C)C[C@H]3OC(=O)N[C@H](C(=O)N3CC[C@@H](C)[C@H]3C(N)=O)C(C)(C)C)c(O)nc2c1. The van der Waals surface area contributed by atoms with E-state index in [0.717, 1.165) is 0 Å². The molecule has 0 bridgehead atoms. The van der Waals surface area contributed by atoms with Gasteiger partial charge in [-0.05, 0) is 66.9 Å². The zero-order valence-corrected chi connectivity index (χ0v) is 28.4.